The fourth-order valence-corrected chi connectivity index (χ4v) is 3.21. The van der Waals surface area contributed by atoms with Crippen molar-refractivity contribution in [3.05, 3.63) is 12.2 Å². The molecule has 1 unspecified atom stereocenters. The van der Waals surface area contributed by atoms with E-state index in [1.807, 2.05) is 0 Å². The van der Waals surface area contributed by atoms with Crippen molar-refractivity contribution in [3.63, 3.8) is 0 Å². The van der Waals surface area contributed by atoms with Crippen molar-refractivity contribution >= 4 is 0 Å². The van der Waals surface area contributed by atoms with Gasteiger partial charge in [0.2, 0.25) is 0 Å². The minimum absolute atomic E-state index is 0.464. The lowest BCUT2D eigenvalue weighted by molar-refractivity contribution is -0.0114. The van der Waals surface area contributed by atoms with Crippen LogP contribution in [-0.4, -0.2) is 12.2 Å². The molecule has 2 fully saturated rings. The van der Waals surface area contributed by atoms with Crippen LogP contribution in [0, 0.1) is 11.3 Å². The molecule has 0 aromatic heterocycles. The molecular formula is C13H22O. The highest BCUT2D eigenvalue weighted by Gasteiger charge is 2.46. The Morgan fingerprint density at radius 1 is 1.50 bits per heavy atom. The lowest BCUT2D eigenvalue weighted by Gasteiger charge is -2.38. The smallest absolute Gasteiger partial charge is 0.0638 e. The van der Waals surface area contributed by atoms with Gasteiger partial charge in [-0.3, -0.25) is 0 Å². The summed E-state index contributed by atoms with van der Waals surface area (Å²) in [6.07, 6.45) is 6.05. The van der Waals surface area contributed by atoms with Gasteiger partial charge in [-0.25, -0.2) is 0 Å². The Kier molecular flexibility index (Phi) is 2.46. The van der Waals surface area contributed by atoms with Crippen molar-refractivity contribution in [2.24, 2.45) is 11.3 Å². The normalized spacial score (nSPS) is 47.5. The maximum Gasteiger partial charge on any atom is 0.0638 e. The van der Waals surface area contributed by atoms with Crippen LogP contribution in [0.15, 0.2) is 12.2 Å². The van der Waals surface area contributed by atoms with Crippen molar-refractivity contribution in [2.75, 3.05) is 0 Å². The summed E-state index contributed by atoms with van der Waals surface area (Å²) in [4.78, 5) is 0. The molecule has 1 nitrogen and oxygen atoms in total. The van der Waals surface area contributed by atoms with Crippen LogP contribution in [-0.2, 0) is 4.74 Å². The summed E-state index contributed by atoms with van der Waals surface area (Å²) in [6.45, 7) is 10.8. The topological polar surface area (TPSA) is 9.23 Å². The number of ether oxygens (including phenoxy) is 1. The van der Waals surface area contributed by atoms with E-state index in [9.17, 15) is 0 Å². The van der Waals surface area contributed by atoms with Gasteiger partial charge in [-0.05, 0) is 50.9 Å². The second kappa shape index (κ2) is 3.37. The summed E-state index contributed by atoms with van der Waals surface area (Å²) in [5.41, 5.74) is 1.81. The number of hydrogen-bond acceptors (Lipinski definition) is 1. The van der Waals surface area contributed by atoms with Gasteiger partial charge < -0.3 is 4.74 Å². The standard InChI is InChI=1S/C13H22O/c1-9(2)11-5-6-13(4)8-10(3)14-12(13)7-11/h10-12H,1,5-8H2,2-4H3/t10?,11-,12-,13-/m1/s1. The first-order valence-corrected chi connectivity index (χ1v) is 5.82. The Morgan fingerprint density at radius 2 is 2.21 bits per heavy atom. The Labute approximate surface area is 87.5 Å². The van der Waals surface area contributed by atoms with Crippen LogP contribution in [0.1, 0.15) is 46.5 Å². The molecule has 0 bridgehead atoms. The molecule has 80 valence electrons. The first-order valence-electron chi connectivity index (χ1n) is 5.82. The highest BCUT2D eigenvalue weighted by atomic mass is 16.5. The first-order chi connectivity index (χ1) is 6.51. The Balaban J connectivity index is 2.07. The van der Waals surface area contributed by atoms with Gasteiger partial charge in [0.05, 0.1) is 12.2 Å². The predicted molar refractivity (Wildman–Crippen MR) is 59.2 cm³/mol. The molecule has 4 atom stereocenters. The van der Waals surface area contributed by atoms with Gasteiger partial charge in [0.25, 0.3) is 0 Å². The van der Waals surface area contributed by atoms with Crippen LogP contribution < -0.4 is 0 Å². The molecule has 1 aliphatic carbocycles. The molecule has 0 N–H and O–H groups in total. The average Bonchev–Trinajstić information content (AvgIpc) is 2.37. The van der Waals surface area contributed by atoms with Gasteiger partial charge in [-0.1, -0.05) is 19.1 Å². The van der Waals surface area contributed by atoms with Crippen LogP contribution in [0.3, 0.4) is 0 Å². The second-order valence-corrected chi connectivity index (χ2v) is 5.61. The van der Waals surface area contributed by atoms with E-state index in [-0.39, 0.29) is 0 Å². The minimum Gasteiger partial charge on any atom is -0.375 e. The van der Waals surface area contributed by atoms with E-state index < -0.39 is 0 Å². The summed E-state index contributed by atoms with van der Waals surface area (Å²) >= 11 is 0. The van der Waals surface area contributed by atoms with E-state index in [2.05, 4.69) is 27.4 Å². The van der Waals surface area contributed by atoms with E-state index >= 15 is 0 Å². The number of fused-ring (bicyclic) bond motifs is 1. The lowest BCUT2D eigenvalue weighted by atomic mass is 9.67. The van der Waals surface area contributed by atoms with Gasteiger partial charge >= 0.3 is 0 Å². The molecule has 0 amide bonds. The van der Waals surface area contributed by atoms with Crippen LogP contribution in [0.4, 0.5) is 0 Å². The molecule has 1 heteroatoms. The number of rotatable bonds is 1. The van der Waals surface area contributed by atoms with Crippen LogP contribution in [0.25, 0.3) is 0 Å². The van der Waals surface area contributed by atoms with Crippen molar-refractivity contribution in [2.45, 2.75) is 58.7 Å². The molecule has 1 saturated heterocycles. The molecule has 2 aliphatic rings. The van der Waals surface area contributed by atoms with Crippen molar-refractivity contribution in [1.29, 1.82) is 0 Å². The molecule has 0 radical (unpaired) electrons. The molecule has 2 rings (SSSR count). The van der Waals surface area contributed by atoms with Crippen molar-refractivity contribution in [1.82, 2.24) is 0 Å². The largest absolute Gasteiger partial charge is 0.375 e. The van der Waals surface area contributed by atoms with E-state index in [4.69, 9.17) is 4.74 Å². The summed E-state index contributed by atoms with van der Waals surface area (Å²) in [5, 5.41) is 0. The third-order valence-electron chi connectivity index (χ3n) is 4.19. The van der Waals surface area contributed by atoms with Crippen molar-refractivity contribution < 1.29 is 4.74 Å². The third-order valence-corrected chi connectivity index (χ3v) is 4.19. The van der Waals surface area contributed by atoms with E-state index in [0.717, 1.165) is 0 Å². The molecule has 0 aromatic carbocycles. The fraction of sp³-hybridized carbons (Fsp3) is 0.846. The Morgan fingerprint density at radius 3 is 2.86 bits per heavy atom. The van der Waals surface area contributed by atoms with E-state index in [1.165, 1.54) is 31.3 Å². The summed E-state index contributed by atoms with van der Waals surface area (Å²) < 4.78 is 6.01. The van der Waals surface area contributed by atoms with Gasteiger partial charge in [0.15, 0.2) is 0 Å². The monoisotopic (exact) mass is 194 g/mol. The zero-order valence-electron chi connectivity index (χ0n) is 9.68. The van der Waals surface area contributed by atoms with E-state index in [0.29, 0.717) is 23.5 Å². The number of allylic oxidation sites excluding steroid dienone is 1. The zero-order valence-corrected chi connectivity index (χ0v) is 9.68. The number of hydrogen-bond donors (Lipinski definition) is 0. The highest BCUT2D eigenvalue weighted by Crippen LogP contribution is 2.50. The average molecular weight is 194 g/mol. The highest BCUT2D eigenvalue weighted by molar-refractivity contribution is 5.05. The van der Waals surface area contributed by atoms with Gasteiger partial charge in [0, 0.05) is 0 Å². The van der Waals surface area contributed by atoms with Crippen LogP contribution >= 0.6 is 0 Å². The summed E-state index contributed by atoms with van der Waals surface area (Å²) in [6, 6.07) is 0. The molecule has 1 aliphatic heterocycles. The zero-order chi connectivity index (χ0) is 10.3. The molecule has 1 heterocycles. The first kappa shape index (κ1) is 10.2. The summed E-state index contributed by atoms with van der Waals surface area (Å²) in [7, 11) is 0. The molecule has 1 saturated carbocycles. The molecule has 0 aromatic rings. The minimum atomic E-state index is 0.464. The second-order valence-electron chi connectivity index (χ2n) is 5.61. The maximum absolute atomic E-state index is 6.01. The molecule has 14 heavy (non-hydrogen) atoms. The summed E-state index contributed by atoms with van der Waals surface area (Å²) in [5.74, 6) is 0.707. The fourth-order valence-electron chi connectivity index (χ4n) is 3.21. The molecule has 0 spiro atoms. The lowest BCUT2D eigenvalue weighted by Crippen LogP contribution is -2.35. The van der Waals surface area contributed by atoms with Crippen LogP contribution in [0.2, 0.25) is 0 Å². The third kappa shape index (κ3) is 1.63. The van der Waals surface area contributed by atoms with Gasteiger partial charge in [-0.15, -0.1) is 0 Å². The quantitative estimate of drug-likeness (QED) is 0.580. The van der Waals surface area contributed by atoms with Gasteiger partial charge in [-0.2, -0.15) is 0 Å². The maximum atomic E-state index is 6.01. The molecular weight excluding hydrogens is 172 g/mol. The Bertz CT molecular complexity index is 246. The van der Waals surface area contributed by atoms with E-state index in [1.54, 1.807) is 0 Å². The Hall–Kier alpha value is -0.300. The van der Waals surface area contributed by atoms with Crippen molar-refractivity contribution in [3.8, 4) is 0 Å². The van der Waals surface area contributed by atoms with Crippen LogP contribution in [0.5, 0.6) is 0 Å². The van der Waals surface area contributed by atoms with Gasteiger partial charge in [0.1, 0.15) is 0 Å². The SMILES string of the molecule is C=C(C)[C@@H]1CC[C@]2(C)CC(C)O[C@@H]2C1. The predicted octanol–water partition coefficient (Wildman–Crippen LogP) is 3.55.